The van der Waals surface area contributed by atoms with E-state index in [-0.39, 0.29) is 0 Å². The lowest BCUT2D eigenvalue weighted by molar-refractivity contribution is 0.0633. The Kier molecular flexibility index (Phi) is 8.26. The van der Waals surface area contributed by atoms with Crippen molar-refractivity contribution in [3.63, 3.8) is 0 Å². The lowest BCUT2D eigenvalue weighted by atomic mass is 9.91. The molecule has 1 fully saturated rings. The maximum atomic E-state index is 5.76. The largest absolute Gasteiger partial charge is 0.380 e. The summed E-state index contributed by atoms with van der Waals surface area (Å²) < 4.78 is 5.63. The van der Waals surface area contributed by atoms with E-state index < -0.39 is 0 Å². The zero-order valence-corrected chi connectivity index (χ0v) is 11.3. The highest BCUT2D eigenvalue weighted by Crippen LogP contribution is 2.24. The SMILES string of the molecule is CCCCOCCN(CCCCl)C1CCC1. The molecule has 96 valence electrons. The first-order valence-electron chi connectivity index (χ1n) is 6.76. The second-order valence-corrected chi connectivity index (χ2v) is 5.01. The van der Waals surface area contributed by atoms with E-state index in [1.807, 2.05) is 0 Å². The van der Waals surface area contributed by atoms with E-state index in [4.69, 9.17) is 16.3 Å². The zero-order chi connectivity index (χ0) is 11.6. The van der Waals surface area contributed by atoms with Crippen LogP contribution >= 0.6 is 11.6 Å². The van der Waals surface area contributed by atoms with Crippen LogP contribution in [0.3, 0.4) is 0 Å². The Morgan fingerprint density at radius 3 is 2.56 bits per heavy atom. The number of unbranched alkanes of at least 4 members (excludes halogenated alkanes) is 1. The molecule has 0 aromatic carbocycles. The Morgan fingerprint density at radius 1 is 1.19 bits per heavy atom. The van der Waals surface area contributed by atoms with Gasteiger partial charge in [0.05, 0.1) is 6.61 Å². The van der Waals surface area contributed by atoms with E-state index in [0.29, 0.717) is 0 Å². The van der Waals surface area contributed by atoms with E-state index in [1.54, 1.807) is 0 Å². The van der Waals surface area contributed by atoms with Gasteiger partial charge >= 0.3 is 0 Å². The lowest BCUT2D eigenvalue weighted by Crippen LogP contribution is -2.42. The number of halogens is 1. The number of alkyl halides is 1. The van der Waals surface area contributed by atoms with Gasteiger partial charge < -0.3 is 4.74 Å². The van der Waals surface area contributed by atoms with Gasteiger partial charge in [-0.1, -0.05) is 19.8 Å². The van der Waals surface area contributed by atoms with E-state index in [9.17, 15) is 0 Å². The van der Waals surface area contributed by atoms with Crippen molar-refractivity contribution in [1.29, 1.82) is 0 Å². The Balaban J connectivity index is 2.06. The van der Waals surface area contributed by atoms with Gasteiger partial charge in [-0.3, -0.25) is 4.90 Å². The predicted octanol–water partition coefficient (Wildman–Crippen LogP) is 3.29. The summed E-state index contributed by atoms with van der Waals surface area (Å²) in [7, 11) is 0. The van der Waals surface area contributed by atoms with E-state index in [2.05, 4.69) is 11.8 Å². The molecule has 0 saturated heterocycles. The Labute approximate surface area is 105 Å². The third-order valence-electron chi connectivity index (χ3n) is 3.34. The van der Waals surface area contributed by atoms with Crippen LogP contribution in [-0.4, -0.2) is 43.1 Å². The van der Waals surface area contributed by atoms with Crippen LogP contribution in [0.5, 0.6) is 0 Å². The molecule has 0 N–H and O–H groups in total. The molecule has 0 heterocycles. The number of hydrogen-bond acceptors (Lipinski definition) is 2. The number of hydrogen-bond donors (Lipinski definition) is 0. The molecular weight excluding hydrogens is 222 g/mol. The Hall–Kier alpha value is 0.210. The second-order valence-electron chi connectivity index (χ2n) is 4.63. The maximum absolute atomic E-state index is 5.76. The number of ether oxygens (including phenoxy) is 1. The molecule has 0 aromatic rings. The Bertz CT molecular complexity index is 162. The van der Waals surface area contributed by atoms with Gasteiger partial charge in [-0.25, -0.2) is 0 Å². The minimum absolute atomic E-state index is 0.778. The summed E-state index contributed by atoms with van der Waals surface area (Å²) in [5.41, 5.74) is 0. The number of nitrogens with zero attached hydrogens (tertiary/aromatic N) is 1. The van der Waals surface area contributed by atoms with Gasteiger partial charge in [0.1, 0.15) is 0 Å². The first-order valence-corrected chi connectivity index (χ1v) is 7.29. The monoisotopic (exact) mass is 247 g/mol. The summed E-state index contributed by atoms with van der Waals surface area (Å²) in [5.74, 6) is 0.778. The van der Waals surface area contributed by atoms with Crippen LogP contribution in [0, 0.1) is 0 Å². The normalized spacial score (nSPS) is 16.7. The lowest BCUT2D eigenvalue weighted by Gasteiger charge is -2.37. The van der Waals surface area contributed by atoms with E-state index >= 15 is 0 Å². The molecule has 0 aromatic heterocycles. The third-order valence-corrected chi connectivity index (χ3v) is 3.60. The summed E-state index contributed by atoms with van der Waals surface area (Å²) >= 11 is 5.76. The minimum Gasteiger partial charge on any atom is -0.380 e. The fraction of sp³-hybridized carbons (Fsp3) is 1.00. The maximum Gasteiger partial charge on any atom is 0.0593 e. The molecule has 0 spiro atoms. The average Bonchev–Trinajstić information content (AvgIpc) is 2.22. The van der Waals surface area contributed by atoms with Crippen LogP contribution in [-0.2, 0) is 4.74 Å². The predicted molar refractivity (Wildman–Crippen MR) is 70.3 cm³/mol. The van der Waals surface area contributed by atoms with Crippen molar-refractivity contribution < 1.29 is 4.74 Å². The van der Waals surface area contributed by atoms with Crippen LogP contribution < -0.4 is 0 Å². The molecule has 3 heteroatoms. The van der Waals surface area contributed by atoms with Gasteiger partial charge in [-0.15, -0.1) is 11.6 Å². The molecule has 1 rings (SSSR count). The summed E-state index contributed by atoms with van der Waals surface area (Å²) in [6.07, 6.45) is 7.66. The van der Waals surface area contributed by atoms with Gasteiger partial charge in [0.15, 0.2) is 0 Å². The van der Waals surface area contributed by atoms with Crippen molar-refractivity contribution in [2.24, 2.45) is 0 Å². The molecule has 0 unspecified atom stereocenters. The average molecular weight is 248 g/mol. The van der Waals surface area contributed by atoms with Crippen molar-refractivity contribution in [2.45, 2.75) is 51.5 Å². The van der Waals surface area contributed by atoms with Crippen LogP contribution in [0.4, 0.5) is 0 Å². The Morgan fingerprint density at radius 2 is 2.00 bits per heavy atom. The smallest absolute Gasteiger partial charge is 0.0593 e. The second kappa shape index (κ2) is 9.26. The van der Waals surface area contributed by atoms with Gasteiger partial charge in [0, 0.05) is 25.1 Å². The molecule has 1 saturated carbocycles. The van der Waals surface area contributed by atoms with Crippen LogP contribution in [0.15, 0.2) is 0 Å². The van der Waals surface area contributed by atoms with Gasteiger partial charge in [0.25, 0.3) is 0 Å². The van der Waals surface area contributed by atoms with Crippen LogP contribution in [0.1, 0.15) is 45.4 Å². The first kappa shape index (κ1) is 14.3. The molecule has 0 amide bonds. The quantitative estimate of drug-likeness (QED) is 0.434. The highest BCUT2D eigenvalue weighted by molar-refractivity contribution is 6.17. The van der Waals surface area contributed by atoms with E-state index in [1.165, 1.54) is 32.1 Å². The summed E-state index contributed by atoms with van der Waals surface area (Å²) in [5, 5.41) is 0. The van der Waals surface area contributed by atoms with Crippen molar-refractivity contribution in [1.82, 2.24) is 4.90 Å². The molecular formula is C13H26ClNO. The topological polar surface area (TPSA) is 12.5 Å². The van der Waals surface area contributed by atoms with Crippen molar-refractivity contribution in [3.8, 4) is 0 Å². The van der Waals surface area contributed by atoms with Crippen molar-refractivity contribution in [3.05, 3.63) is 0 Å². The summed E-state index contributed by atoms with van der Waals surface area (Å²) in [4.78, 5) is 2.57. The standard InChI is InChI=1S/C13H26ClNO/c1-2-3-11-16-12-10-15(9-5-8-14)13-6-4-7-13/h13H,2-12H2,1H3. The van der Waals surface area contributed by atoms with Gasteiger partial charge in [0.2, 0.25) is 0 Å². The third kappa shape index (κ3) is 5.51. The van der Waals surface area contributed by atoms with Gasteiger partial charge in [-0.2, -0.15) is 0 Å². The van der Waals surface area contributed by atoms with Crippen LogP contribution in [0.2, 0.25) is 0 Å². The fourth-order valence-corrected chi connectivity index (χ4v) is 2.14. The fourth-order valence-electron chi connectivity index (χ4n) is 2.02. The summed E-state index contributed by atoms with van der Waals surface area (Å²) in [6, 6.07) is 0.818. The van der Waals surface area contributed by atoms with E-state index in [0.717, 1.165) is 44.6 Å². The molecule has 1 aliphatic carbocycles. The van der Waals surface area contributed by atoms with Crippen molar-refractivity contribution >= 4 is 11.6 Å². The van der Waals surface area contributed by atoms with Crippen LogP contribution in [0.25, 0.3) is 0 Å². The number of rotatable bonds is 10. The molecule has 0 bridgehead atoms. The van der Waals surface area contributed by atoms with Gasteiger partial charge in [-0.05, 0) is 32.2 Å². The van der Waals surface area contributed by atoms with Crippen molar-refractivity contribution in [2.75, 3.05) is 32.2 Å². The zero-order valence-electron chi connectivity index (χ0n) is 10.6. The molecule has 0 aliphatic heterocycles. The summed E-state index contributed by atoms with van der Waals surface area (Å²) in [6.45, 7) is 6.24. The minimum atomic E-state index is 0.778. The molecule has 0 atom stereocenters. The highest BCUT2D eigenvalue weighted by atomic mass is 35.5. The first-order chi connectivity index (χ1) is 7.88. The molecule has 1 aliphatic rings. The molecule has 16 heavy (non-hydrogen) atoms. The molecule has 2 nitrogen and oxygen atoms in total. The highest BCUT2D eigenvalue weighted by Gasteiger charge is 2.23. The molecule has 0 radical (unpaired) electrons.